The summed E-state index contributed by atoms with van der Waals surface area (Å²) >= 11 is 0. The number of hydrogen-bond donors (Lipinski definition) is 1. The van der Waals surface area contributed by atoms with Crippen LogP contribution >= 0.6 is 0 Å². The molecule has 1 saturated heterocycles. The SMILES string of the molecule is CC(C)(C(=O)NCc1ccc(C(=O)N2CCCCC2)cc1)c1ccccc1. The quantitative estimate of drug-likeness (QED) is 0.874. The van der Waals surface area contributed by atoms with Crippen LogP contribution in [-0.2, 0) is 16.8 Å². The highest BCUT2D eigenvalue weighted by Crippen LogP contribution is 2.23. The van der Waals surface area contributed by atoms with Crippen LogP contribution in [0.5, 0.6) is 0 Å². The molecule has 142 valence electrons. The van der Waals surface area contributed by atoms with Gasteiger partial charge in [-0.25, -0.2) is 0 Å². The van der Waals surface area contributed by atoms with Crippen molar-refractivity contribution >= 4 is 11.8 Å². The van der Waals surface area contributed by atoms with Crippen LogP contribution in [-0.4, -0.2) is 29.8 Å². The van der Waals surface area contributed by atoms with E-state index < -0.39 is 5.41 Å². The first-order valence-corrected chi connectivity index (χ1v) is 9.70. The Balaban J connectivity index is 1.58. The van der Waals surface area contributed by atoms with Gasteiger partial charge in [0.25, 0.3) is 5.91 Å². The van der Waals surface area contributed by atoms with Crippen molar-refractivity contribution in [3.63, 3.8) is 0 Å². The summed E-state index contributed by atoms with van der Waals surface area (Å²) in [5.74, 6) is 0.0951. The van der Waals surface area contributed by atoms with Crippen LogP contribution in [0, 0.1) is 0 Å². The first-order chi connectivity index (χ1) is 13.0. The van der Waals surface area contributed by atoms with Gasteiger partial charge in [0.2, 0.25) is 5.91 Å². The molecule has 0 spiro atoms. The third kappa shape index (κ3) is 4.57. The number of carbonyl (C=O) groups is 2. The van der Waals surface area contributed by atoms with Gasteiger partial charge in [0.15, 0.2) is 0 Å². The van der Waals surface area contributed by atoms with Crippen LogP contribution in [0.25, 0.3) is 0 Å². The Morgan fingerprint density at radius 3 is 2.19 bits per heavy atom. The maximum Gasteiger partial charge on any atom is 0.253 e. The Hall–Kier alpha value is -2.62. The van der Waals surface area contributed by atoms with E-state index >= 15 is 0 Å². The van der Waals surface area contributed by atoms with E-state index in [1.807, 2.05) is 73.3 Å². The number of piperidine rings is 1. The van der Waals surface area contributed by atoms with Crippen molar-refractivity contribution in [3.05, 3.63) is 71.3 Å². The van der Waals surface area contributed by atoms with Crippen LogP contribution in [0.15, 0.2) is 54.6 Å². The molecular formula is C23H28N2O2. The first-order valence-electron chi connectivity index (χ1n) is 9.70. The van der Waals surface area contributed by atoms with Gasteiger partial charge in [-0.1, -0.05) is 42.5 Å². The minimum atomic E-state index is -0.592. The largest absolute Gasteiger partial charge is 0.351 e. The Morgan fingerprint density at radius 2 is 1.56 bits per heavy atom. The van der Waals surface area contributed by atoms with Crippen molar-refractivity contribution in [1.29, 1.82) is 0 Å². The van der Waals surface area contributed by atoms with E-state index in [2.05, 4.69) is 5.32 Å². The lowest BCUT2D eigenvalue weighted by Crippen LogP contribution is -2.39. The summed E-state index contributed by atoms with van der Waals surface area (Å²) in [4.78, 5) is 27.1. The van der Waals surface area contributed by atoms with E-state index in [9.17, 15) is 9.59 Å². The van der Waals surface area contributed by atoms with Gasteiger partial charge >= 0.3 is 0 Å². The second-order valence-corrected chi connectivity index (χ2v) is 7.72. The molecule has 2 aromatic rings. The number of rotatable bonds is 5. The van der Waals surface area contributed by atoms with E-state index in [0.29, 0.717) is 6.54 Å². The number of likely N-dealkylation sites (tertiary alicyclic amines) is 1. The second-order valence-electron chi connectivity index (χ2n) is 7.72. The van der Waals surface area contributed by atoms with Crippen LogP contribution in [0.4, 0.5) is 0 Å². The van der Waals surface area contributed by atoms with E-state index in [1.165, 1.54) is 6.42 Å². The lowest BCUT2D eigenvalue weighted by Gasteiger charge is -2.26. The molecule has 0 radical (unpaired) electrons. The van der Waals surface area contributed by atoms with Gasteiger partial charge < -0.3 is 10.2 Å². The normalized spacial score (nSPS) is 14.7. The molecule has 2 aromatic carbocycles. The molecule has 27 heavy (non-hydrogen) atoms. The molecule has 1 fully saturated rings. The fourth-order valence-electron chi connectivity index (χ4n) is 3.43. The third-order valence-electron chi connectivity index (χ3n) is 5.36. The fraction of sp³-hybridized carbons (Fsp3) is 0.391. The van der Waals surface area contributed by atoms with Gasteiger partial charge in [0.1, 0.15) is 0 Å². The number of carbonyl (C=O) groups excluding carboxylic acids is 2. The molecule has 0 aromatic heterocycles. The average Bonchev–Trinajstić information content (AvgIpc) is 2.73. The first kappa shape index (κ1) is 19.2. The monoisotopic (exact) mass is 364 g/mol. The number of benzene rings is 2. The van der Waals surface area contributed by atoms with E-state index in [1.54, 1.807) is 0 Å². The summed E-state index contributed by atoms with van der Waals surface area (Å²) in [5.41, 5.74) is 2.11. The van der Waals surface area contributed by atoms with Crippen molar-refractivity contribution in [3.8, 4) is 0 Å². The van der Waals surface area contributed by atoms with Crippen LogP contribution in [0.1, 0.15) is 54.6 Å². The van der Waals surface area contributed by atoms with Gasteiger partial charge in [0, 0.05) is 25.2 Å². The molecule has 0 saturated carbocycles. The van der Waals surface area contributed by atoms with Gasteiger partial charge in [0.05, 0.1) is 5.41 Å². The second kappa shape index (κ2) is 8.38. The zero-order chi connectivity index (χ0) is 19.3. The van der Waals surface area contributed by atoms with Crippen molar-refractivity contribution in [2.75, 3.05) is 13.1 Å². The highest BCUT2D eigenvalue weighted by molar-refractivity contribution is 5.94. The highest BCUT2D eigenvalue weighted by Gasteiger charge is 2.29. The Kier molecular flexibility index (Phi) is 5.94. The summed E-state index contributed by atoms with van der Waals surface area (Å²) in [5, 5.41) is 3.02. The Labute approximate surface area is 161 Å². The minimum absolute atomic E-state index is 0.0119. The smallest absolute Gasteiger partial charge is 0.253 e. The maximum atomic E-state index is 12.6. The summed E-state index contributed by atoms with van der Waals surface area (Å²) in [6, 6.07) is 17.4. The van der Waals surface area contributed by atoms with E-state index in [-0.39, 0.29) is 11.8 Å². The Bertz CT molecular complexity index is 776. The minimum Gasteiger partial charge on any atom is -0.351 e. The van der Waals surface area contributed by atoms with Crippen molar-refractivity contribution in [2.24, 2.45) is 0 Å². The molecule has 0 aliphatic carbocycles. The number of nitrogens with one attached hydrogen (secondary N) is 1. The molecular weight excluding hydrogens is 336 g/mol. The van der Waals surface area contributed by atoms with Crippen molar-refractivity contribution < 1.29 is 9.59 Å². The topological polar surface area (TPSA) is 49.4 Å². The lowest BCUT2D eigenvalue weighted by atomic mass is 9.84. The highest BCUT2D eigenvalue weighted by atomic mass is 16.2. The fourth-order valence-corrected chi connectivity index (χ4v) is 3.43. The van der Waals surface area contributed by atoms with E-state index in [4.69, 9.17) is 0 Å². The predicted molar refractivity (Wildman–Crippen MR) is 108 cm³/mol. The molecule has 1 N–H and O–H groups in total. The molecule has 0 unspecified atom stereocenters. The van der Waals surface area contributed by atoms with Crippen LogP contribution in [0.2, 0.25) is 0 Å². The Morgan fingerprint density at radius 1 is 0.926 bits per heavy atom. The number of nitrogens with zero attached hydrogens (tertiary/aromatic N) is 1. The van der Waals surface area contributed by atoms with Gasteiger partial charge in [-0.05, 0) is 56.4 Å². The molecule has 4 heteroatoms. The maximum absolute atomic E-state index is 12.6. The zero-order valence-corrected chi connectivity index (χ0v) is 16.2. The molecule has 2 amide bonds. The summed E-state index contributed by atoms with van der Waals surface area (Å²) < 4.78 is 0. The van der Waals surface area contributed by atoms with Crippen molar-refractivity contribution in [2.45, 2.75) is 45.1 Å². The standard InChI is InChI=1S/C23H28N2O2/c1-23(2,20-9-5-3-6-10-20)22(27)24-17-18-11-13-19(14-12-18)21(26)25-15-7-4-8-16-25/h3,5-6,9-14H,4,7-8,15-17H2,1-2H3,(H,24,27). The molecule has 0 atom stereocenters. The summed E-state index contributed by atoms with van der Waals surface area (Å²) in [6.07, 6.45) is 3.39. The van der Waals surface area contributed by atoms with Gasteiger partial charge in [-0.15, -0.1) is 0 Å². The lowest BCUT2D eigenvalue weighted by molar-refractivity contribution is -0.125. The summed E-state index contributed by atoms with van der Waals surface area (Å²) in [6.45, 7) is 6.01. The molecule has 1 aliphatic heterocycles. The van der Waals surface area contributed by atoms with Crippen molar-refractivity contribution in [1.82, 2.24) is 10.2 Å². The van der Waals surface area contributed by atoms with Crippen LogP contribution < -0.4 is 5.32 Å². The average molecular weight is 364 g/mol. The molecule has 0 bridgehead atoms. The van der Waals surface area contributed by atoms with Gasteiger partial charge in [-0.2, -0.15) is 0 Å². The molecule has 4 nitrogen and oxygen atoms in total. The zero-order valence-electron chi connectivity index (χ0n) is 16.2. The van der Waals surface area contributed by atoms with Crippen LogP contribution in [0.3, 0.4) is 0 Å². The predicted octanol–water partition coefficient (Wildman–Crippen LogP) is 3.91. The summed E-state index contributed by atoms with van der Waals surface area (Å²) in [7, 11) is 0. The third-order valence-corrected chi connectivity index (χ3v) is 5.36. The van der Waals surface area contributed by atoms with E-state index in [0.717, 1.165) is 42.6 Å². The van der Waals surface area contributed by atoms with Gasteiger partial charge in [-0.3, -0.25) is 9.59 Å². The number of amides is 2. The molecule has 1 heterocycles. The molecule has 3 rings (SSSR count). The molecule has 1 aliphatic rings. The number of hydrogen-bond acceptors (Lipinski definition) is 2.